The second-order valence-electron chi connectivity index (χ2n) is 5.63. The van der Waals surface area contributed by atoms with E-state index in [-0.39, 0.29) is 5.82 Å². The minimum absolute atomic E-state index is 0.269. The van der Waals surface area contributed by atoms with Crippen molar-refractivity contribution in [3.05, 3.63) is 74.6 Å². The van der Waals surface area contributed by atoms with Gasteiger partial charge in [0.2, 0.25) is 0 Å². The van der Waals surface area contributed by atoms with Crippen LogP contribution >= 0.6 is 57.9 Å². The van der Waals surface area contributed by atoms with Crippen LogP contribution in [0, 0.1) is 5.82 Å². The Labute approximate surface area is 178 Å². The summed E-state index contributed by atoms with van der Waals surface area (Å²) in [6.45, 7) is 0. The van der Waals surface area contributed by atoms with E-state index in [1.807, 2.05) is 5.38 Å². The van der Waals surface area contributed by atoms with Crippen LogP contribution in [0.5, 0.6) is 0 Å². The van der Waals surface area contributed by atoms with Gasteiger partial charge in [0, 0.05) is 27.3 Å². The Morgan fingerprint density at radius 1 is 0.963 bits per heavy atom. The van der Waals surface area contributed by atoms with Gasteiger partial charge < -0.3 is 0 Å². The van der Waals surface area contributed by atoms with E-state index in [2.05, 4.69) is 9.97 Å². The maximum absolute atomic E-state index is 13.3. The van der Waals surface area contributed by atoms with E-state index < -0.39 is 0 Å². The molecule has 2 aromatic heterocycles. The van der Waals surface area contributed by atoms with Crippen molar-refractivity contribution in [2.45, 2.75) is 10.8 Å². The topological polar surface area (TPSA) is 25.8 Å². The Balaban J connectivity index is 1.74. The summed E-state index contributed by atoms with van der Waals surface area (Å²) in [5, 5.41) is 5.24. The Morgan fingerprint density at radius 3 is 2.48 bits per heavy atom. The number of thiophene rings is 1. The first-order valence-electron chi connectivity index (χ1n) is 7.78. The fourth-order valence-electron chi connectivity index (χ4n) is 2.64. The number of rotatable bonds is 4. The first-order chi connectivity index (χ1) is 13.0. The molecule has 0 spiro atoms. The van der Waals surface area contributed by atoms with Crippen LogP contribution in [-0.4, -0.2) is 9.97 Å². The van der Waals surface area contributed by atoms with E-state index in [0.29, 0.717) is 20.8 Å². The summed E-state index contributed by atoms with van der Waals surface area (Å²) in [7, 11) is 0. The number of nitrogens with zero attached hydrogens (tertiary/aromatic N) is 2. The molecule has 0 fully saturated rings. The molecule has 0 saturated carbocycles. The highest BCUT2D eigenvalue weighted by Crippen LogP contribution is 2.41. The lowest BCUT2D eigenvalue weighted by Gasteiger charge is -2.09. The number of fused-ring (bicyclic) bond motifs is 1. The van der Waals surface area contributed by atoms with Crippen molar-refractivity contribution in [1.82, 2.24) is 9.97 Å². The molecule has 27 heavy (non-hydrogen) atoms. The third-order valence-corrected chi connectivity index (χ3v) is 7.08. The van der Waals surface area contributed by atoms with Gasteiger partial charge >= 0.3 is 0 Å². The molecule has 0 N–H and O–H groups in total. The highest BCUT2D eigenvalue weighted by molar-refractivity contribution is 7.98. The fourth-order valence-corrected chi connectivity index (χ4v) is 5.51. The minimum atomic E-state index is -0.269. The van der Waals surface area contributed by atoms with Crippen LogP contribution in [0.1, 0.15) is 5.56 Å². The normalized spacial score (nSPS) is 11.3. The lowest BCUT2D eigenvalue weighted by Crippen LogP contribution is -1.90. The fraction of sp³-hybridized carbons (Fsp3) is 0.0526. The van der Waals surface area contributed by atoms with Crippen LogP contribution in [0.15, 0.2) is 53.1 Å². The Morgan fingerprint density at radius 2 is 1.70 bits per heavy atom. The molecule has 4 rings (SSSR count). The van der Waals surface area contributed by atoms with Crippen LogP contribution in [0.3, 0.4) is 0 Å². The number of halogens is 4. The predicted molar refractivity (Wildman–Crippen MR) is 114 cm³/mol. The Bertz CT molecular complexity index is 1130. The molecular weight excluding hydrogens is 446 g/mol. The van der Waals surface area contributed by atoms with Crippen molar-refractivity contribution < 1.29 is 4.39 Å². The minimum Gasteiger partial charge on any atom is -0.229 e. The van der Waals surface area contributed by atoms with Crippen molar-refractivity contribution in [3.8, 4) is 11.1 Å². The van der Waals surface area contributed by atoms with Gasteiger partial charge in [0.05, 0.1) is 15.4 Å². The van der Waals surface area contributed by atoms with Crippen LogP contribution in [0.2, 0.25) is 15.1 Å². The molecule has 0 radical (unpaired) electrons. The van der Waals surface area contributed by atoms with Crippen molar-refractivity contribution in [2.24, 2.45) is 0 Å². The molecule has 0 atom stereocenters. The number of hydrogen-bond acceptors (Lipinski definition) is 4. The average Bonchev–Trinajstić information content (AvgIpc) is 3.10. The van der Waals surface area contributed by atoms with Crippen LogP contribution in [0.25, 0.3) is 21.3 Å². The van der Waals surface area contributed by atoms with E-state index >= 15 is 0 Å². The molecule has 136 valence electrons. The lowest BCUT2D eigenvalue weighted by molar-refractivity contribution is 0.628. The summed E-state index contributed by atoms with van der Waals surface area (Å²) in [6, 6.07) is 9.80. The summed E-state index contributed by atoms with van der Waals surface area (Å²) in [5.41, 5.74) is 2.65. The maximum Gasteiger partial charge on any atom is 0.128 e. The third-order valence-electron chi connectivity index (χ3n) is 3.98. The molecule has 0 aliphatic heterocycles. The molecule has 2 heterocycles. The molecule has 8 heteroatoms. The SMILES string of the molecule is Fc1ccc(-c2csc3ncnc(SCc4c(Cl)ccc(Cl)c4Cl)c23)cc1. The summed E-state index contributed by atoms with van der Waals surface area (Å²) in [4.78, 5) is 9.67. The number of hydrogen-bond donors (Lipinski definition) is 0. The van der Waals surface area contributed by atoms with E-state index in [0.717, 1.165) is 31.9 Å². The van der Waals surface area contributed by atoms with Gasteiger partial charge in [-0.3, -0.25) is 0 Å². The first kappa shape index (κ1) is 19.0. The van der Waals surface area contributed by atoms with Crippen molar-refractivity contribution >= 4 is 68.1 Å². The summed E-state index contributed by atoms with van der Waals surface area (Å²) in [5.74, 6) is 0.248. The highest BCUT2D eigenvalue weighted by Gasteiger charge is 2.16. The summed E-state index contributed by atoms with van der Waals surface area (Å²) < 4.78 is 13.3. The number of aromatic nitrogens is 2. The summed E-state index contributed by atoms with van der Waals surface area (Å²) in [6.07, 6.45) is 1.54. The van der Waals surface area contributed by atoms with E-state index in [1.165, 1.54) is 41.6 Å². The van der Waals surface area contributed by atoms with Crippen molar-refractivity contribution in [2.75, 3.05) is 0 Å². The molecule has 2 nitrogen and oxygen atoms in total. The molecule has 0 unspecified atom stereocenters. The molecule has 0 amide bonds. The number of thioether (sulfide) groups is 1. The zero-order valence-electron chi connectivity index (χ0n) is 13.5. The van der Waals surface area contributed by atoms with Gasteiger partial charge in [-0.2, -0.15) is 0 Å². The van der Waals surface area contributed by atoms with E-state index in [9.17, 15) is 4.39 Å². The van der Waals surface area contributed by atoms with Gasteiger partial charge in [-0.1, -0.05) is 46.9 Å². The van der Waals surface area contributed by atoms with Gasteiger partial charge in [-0.05, 0) is 29.8 Å². The quantitative estimate of drug-likeness (QED) is 0.179. The van der Waals surface area contributed by atoms with Gasteiger partial charge in [-0.15, -0.1) is 23.1 Å². The predicted octanol–water partition coefficient (Wildman–Crippen LogP) is 7.75. The third kappa shape index (κ3) is 3.80. The van der Waals surface area contributed by atoms with Crippen molar-refractivity contribution in [3.63, 3.8) is 0 Å². The van der Waals surface area contributed by atoms with Gasteiger partial charge in [0.15, 0.2) is 0 Å². The van der Waals surface area contributed by atoms with Gasteiger partial charge in [-0.25, -0.2) is 14.4 Å². The van der Waals surface area contributed by atoms with Gasteiger partial charge in [0.1, 0.15) is 22.0 Å². The smallest absolute Gasteiger partial charge is 0.128 e. The molecule has 0 aliphatic carbocycles. The molecule has 2 aromatic carbocycles. The zero-order valence-corrected chi connectivity index (χ0v) is 17.4. The first-order valence-corrected chi connectivity index (χ1v) is 10.8. The van der Waals surface area contributed by atoms with Crippen molar-refractivity contribution in [1.29, 1.82) is 0 Å². The second kappa shape index (κ2) is 7.94. The van der Waals surface area contributed by atoms with Crippen LogP contribution in [-0.2, 0) is 5.75 Å². The van der Waals surface area contributed by atoms with Crippen LogP contribution in [0.4, 0.5) is 4.39 Å². The Kier molecular flexibility index (Phi) is 5.58. The Hall–Kier alpha value is -1.37. The standard InChI is InChI=1S/C19H10Cl3FN2S2/c20-14-5-6-15(21)17(22)13(14)8-27-19-16-12(7-26-18(16)24-9-25-19)10-1-3-11(23)4-2-10/h1-7,9H,8H2. The zero-order chi connectivity index (χ0) is 19.0. The molecule has 0 bridgehead atoms. The molecular formula is C19H10Cl3FN2S2. The largest absolute Gasteiger partial charge is 0.229 e. The highest BCUT2D eigenvalue weighted by atomic mass is 35.5. The molecule has 4 aromatic rings. The lowest BCUT2D eigenvalue weighted by atomic mass is 10.1. The second-order valence-corrected chi connectivity index (χ2v) is 8.64. The van der Waals surface area contributed by atoms with Crippen LogP contribution < -0.4 is 0 Å². The van der Waals surface area contributed by atoms with E-state index in [1.54, 1.807) is 24.3 Å². The average molecular weight is 456 g/mol. The maximum atomic E-state index is 13.3. The van der Waals surface area contributed by atoms with Gasteiger partial charge in [0.25, 0.3) is 0 Å². The molecule has 0 saturated heterocycles. The molecule has 0 aliphatic rings. The summed E-state index contributed by atoms with van der Waals surface area (Å²) >= 11 is 21.7. The number of benzene rings is 2. The van der Waals surface area contributed by atoms with E-state index in [4.69, 9.17) is 34.8 Å². The monoisotopic (exact) mass is 454 g/mol.